The number of H-pyrrole nitrogens is 1. The molecule has 0 unspecified atom stereocenters. The van der Waals surface area contributed by atoms with Gasteiger partial charge in [-0.05, 0) is 29.9 Å². The summed E-state index contributed by atoms with van der Waals surface area (Å²) >= 11 is 1.38. The van der Waals surface area contributed by atoms with Gasteiger partial charge in [0, 0.05) is 35.3 Å². The number of rotatable bonds is 4. The predicted octanol–water partition coefficient (Wildman–Crippen LogP) is 3.52. The van der Waals surface area contributed by atoms with Crippen LogP contribution in [-0.4, -0.2) is 48.0 Å². The van der Waals surface area contributed by atoms with E-state index in [1.807, 2.05) is 17.6 Å². The molecule has 5 rings (SSSR count). The number of nitrogens with zero attached hydrogens (tertiary/aromatic N) is 4. The number of carbonyl (C=O) groups excluding carboxylic acids is 1. The number of hydrogen-bond acceptors (Lipinski definition) is 6. The molecule has 9 heteroatoms. The molecule has 2 atom stereocenters. The van der Waals surface area contributed by atoms with Gasteiger partial charge in [-0.1, -0.05) is 20.3 Å². The van der Waals surface area contributed by atoms with Gasteiger partial charge in [0.2, 0.25) is 0 Å². The van der Waals surface area contributed by atoms with E-state index in [4.69, 9.17) is 0 Å². The van der Waals surface area contributed by atoms with Crippen molar-refractivity contribution in [2.45, 2.75) is 45.3 Å². The van der Waals surface area contributed by atoms with E-state index in [0.29, 0.717) is 4.88 Å². The van der Waals surface area contributed by atoms with Crippen LogP contribution in [0.15, 0.2) is 42.4 Å². The molecule has 1 saturated carbocycles. The molecule has 0 radical (unpaired) electrons. The van der Waals surface area contributed by atoms with Crippen molar-refractivity contribution in [3.8, 4) is 22.3 Å². The highest BCUT2D eigenvalue weighted by Crippen LogP contribution is 2.29. The zero-order chi connectivity index (χ0) is 19.8. The van der Waals surface area contributed by atoms with E-state index in [-0.39, 0.29) is 19.4 Å². The minimum Gasteiger partial charge on any atom is -0.391 e. The van der Waals surface area contributed by atoms with Gasteiger partial charge in [-0.25, -0.2) is 9.50 Å². The minimum absolute atomic E-state index is 0. The van der Waals surface area contributed by atoms with Crippen LogP contribution in [0.25, 0.3) is 27.9 Å². The smallest absolute Gasteiger partial charge is 0.261 e. The highest BCUT2D eigenvalue weighted by atomic mass is 32.1. The Morgan fingerprint density at radius 1 is 1.20 bits per heavy atom. The van der Waals surface area contributed by atoms with Crippen molar-refractivity contribution in [3.63, 3.8) is 0 Å². The summed E-state index contributed by atoms with van der Waals surface area (Å²) < 4.78 is 1.73. The number of aromatic nitrogens is 5. The third-order valence-corrected chi connectivity index (χ3v) is 6.30. The first-order valence-corrected chi connectivity index (χ1v) is 10.5. The van der Waals surface area contributed by atoms with Gasteiger partial charge < -0.3 is 10.4 Å². The first kappa shape index (κ1) is 20.2. The Kier molecular flexibility index (Phi) is 5.65. The Labute approximate surface area is 178 Å². The summed E-state index contributed by atoms with van der Waals surface area (Å²) in [6, 6.07) is 1.69. The number of carbonyl (C=O) groups is 1. The van der Waals surface area contributed by atoms with E-state index in [0.717, 1.165) is 53.6 Å². The van der Waals surface area contributed by atoms with Crippen molar-refractivity contribution in [1.29, 1.82) is 0 Å². The lowest BCUT2D eigenvalue weighted by atomic mass is 9.92. The van der Waals surface area contributed by atoms with Crippen LogP contribution in [0.3, 0.4) is 0 Å². The SMILES string of the molecule is C.O=C(N[C@@H]1CCCC[C@@H]1O)c1cc(-c2cnn3cc(-c4cn[nH]c4)cnc23)cs1. The molecule has 1 amide bonds. The summed E-state index contributed by atoms with van der Waals surface area (Å²) in [5.41, 5.74) is 4.36. The lowest BCUT2D eigenvalue weighted by Gasteiger charge is -2.28. The van der Waals surface area contributed by atoms with Gasteiger partial charge in [-0.2, -0.15) is 10.2 Å². The summed E-state index contributed by atoms with van der Waals surface area (Å²) in [6.45, 7) is 0. The Balaban J connectivity index is 0.00000218. The van der Waals surface area contributed by atoms with E-state index in [2.05, 4.69) is 25.6 Å². The molecular weight excluding hydrogens is 400 g/mol. The molecule has 0 aromatic carbocycles. The van der Waals surface area contributed by atoms with Crippen molar-refractivity contribution < 1.29 is 9.90 Å². The molecule has 30 heavy (non-hydrogen) atoms. The highest BCUT2D eigenvalue weighted by molar-refractivity contribution is 7.12. The summed E-state index contributed by atoms with van der Waals surface area (Å²) in [7, 11) is 0. The molecule has 1 aliphatic carbocycles. The average Bonchev–Trinajstić information content (AvgIpc) is 3.49. The van der Waals surface area contributed by atoms with E-state index < -0.39 is 6.10 Å². The number of aliphatic hydroxyl groups is 1. The van der Waals surface area contributed by atoms with Gasteiger partial charge in [-0.15, -0.1) is 11.3 Å². The molecule has 3 N–H and O–H groups in total. The van der Waals surface area contributed by atoms with Crippen LogP contribution in [0.2, 0.25) is 0 Å². The molecule has 8 nitrogen and oxygen atoms in total. The van der Waals surface area contributed by atoms with E-state index in [1.54, 1.807) is 29.3 Å². The van der Waals surface area contributed by atoms with Crippen LogP contribution < -0.4 is 5.32 Å². The first-order chi connectivity index (χ1) is 14.2. The lowest BCUT2D eigenvalue weighted by Crippen LogP contribution is -2.44. The second-order valence-electron chi connectivity index (χ2n) is 7.29. The van der Waals surface area contributed by atoms with Crippen LogP contribution in [0.1, 0.15) is 42.8 Å². The zero-order valence-corrected chi connectivity index (χ0v) is 16.4. The van der Waals surface area contributed by atoms with Crippen molar-refractivity contribution >= 4 is 22.9 Å². The fourth-order valence-corrected chi connectivity index (χ4v) is 4.56. The highest BCUT2D eigenvalue weighted by Gasteiger charge is 2.25. The van der Waals surface area contributed by atoms with Crippen LogP contribution in [0.4, 0.5) is 0 Å². The summed E-state index contributed by atoms with van der Waals surface area (Å²) in [6.07, 6.45) is 12.2. The number of amides is 1. The van der Waals surface area contributed by atoms with Crippen molar-refractivity contribution in [1.82, 2.24) is 30.1 Å². The van der Waals surface area contributed by atoms with Gasteiger partial charge in [-0.3, -0.25) is 9.89 Å². The number of aromatic amines is 1. The molecule has 0 bridgehead atoms. The molecule has 0 aliphatic heterocycles. The van der Waals surface area contributed by atoms with Crippen molar-refractivity contribution in [3.05, 3.63) is 47.3 Å². The molecule has 1 fully saturated rings. The summed E-state index contributed by atoms with van der Waals surface area (Å²) in [4.78, 5) is 17.8. The monoisotopic (exact) mass is 424 g/mol. The maximum absolute atomic E-state index is 12.6. The number of thiophene rings is 1. The third kappa shape index (κ3) is 3.73. The fraction of sp³-hybridized carbons (Fsp3) is 0.333. The van der Waals surface area contributed by atoms with Crippen LogP contribution in [0, 0.1) is 0 Å². The van der Waals surface area contributed by atoms with Gasteiger partial charge in [0.1, 0.15) is 0 Å². The topological polar surface area (TPSA) is 108 Å². The van der Waals surface area contributed by atoms with E-state index in [9.17, 15) is 9.90 Å². The van der Waals surface area contributed by atoms with E-state index in [1.165, 1.54) is 11.3 Å². The Morgan fingerprint density at radius 2 is 2.07 bits per heavy atom. The predicted molar refractivity (Wildman–Crippen MR) is 116 cm³/mol. The molecule has 1 aliphatic rings. The normalized spacial score (nSPS) is 18.8. The molecule has 156 valence electrons. The molecule has 4 aromatic heterocycles. The first-order valence-electron chi connectivity index (χ1n) is 9.59. The Morgan fingerprint density at radius 3 is 2.87 bits per heavy atom. The van der Waals surface area contributed by atoms with Gasteiger partial charge in [0.15, 0.2) is 5.65 Å². The Bertz CT molecular complexity index is 1150. The second-order valence-corrected chi connectivity index (χ2v) is 8.20. The lowest BCUT2D eigenvalue weighted by molar-refractivity contribution is 0.0720. The average molecular weight is 425 g/mol. The maximum atomic E-state index is 12.6. The standard InChI is InChI=1S/C20H20N6O2S.CH4/c27-17-4-2-1-3-16(17)25-20(28)18-5-12(11-29-18)15-9-24-26-10-14(6-21-19(15)26)13-7-22-23-8-13;/h5-11,16-17,27H,1-4H2,(H,22,23)(H,25,28);1H4/t16-,17+;/m1./s1. The number of nitrogens with one attached hydrogen (secondary N) is 2. The van der Waals surface area contributed by atoms with Gasteiger partial charge in [0.25, 0.3) is 5.91 Å². The summed E-state index contributed by atoms with van der Waals surface area (Å²) in [5, 5.41) is 26.2. The number of hydrogen-bond donors (Lipinski definition) is 3. The number of fused-ring (bicyclic) bond motifs is 1. The molecule has 0 spiro atoms. The maximum Gasteiger partial charge on any atom is 0.261 e. The largest absolute Gasteiger partial charge is 0.391 e. The minimum atomic E-state index is -0.458. The quantitative estimate of drug-likeness (QED) is 0.465. The number of aliphatic hydroxyl groups excluding tert-OH is 1. The molecule has 4 aromatic rings. The van der Waals surface area contributed by atoms with E-state index >= 15 is 0 Å². The summed E-state index contributed by atoms with van der Waals surface area (Å²) in [5.74, 6) is -0.140. The fourth-order valence-electron chi connectivity index (χ4n) is 3.75. The molecule has 0 saturated heterocycles. The van der Waals surface area contributed by atoms with Crippen molar-refractivity contribution in [2.75, 3.05) is 0 Å². The van der Waals surface area contributed by atoms with Gasteiger partial charge >= 0.3 is 0 Å². The third-order valence-electron chi connectivity index (χ3n) is 5.37. The van der Waals surface area contributed by atoms with Gasteiger partial charge in [0.05, 0.1) is 29.4 Å². The van der Waals surface area contributed by atoms with Crippen LogP contribution in [0.5, 0.6) is 0 Å². The second kappa shape index (κ2) is 8.37. The molecular formula is C21H24N6O2S. The van der Waals surface area contributed by atoms with Crippen molar-refractivity contribution in [2.24, 2.45) is 0 Å². The molecule has 4 heterocycles. The van der Waals surface area contributed by atoms with Crippen LogP contribution >= 0.6 is 11.3 Å². The Hall–Kier alpha value is -3.04. The van der Waals surface area contributed by atoms with Crippen LogP contribution in [-0.2, 0) is 0 Å². The zero-order valence-electron chi connectivity index (χ0n) is 15.6.